The molecular weight excluding hydrogens is 170 g/mol. The molecule has 0 amide bonds. The van der Waals surface area contributed by atoms with E-state index in [1.807, 2.05) is 0 Å². The van der Waals surface area contributed by atoms with Gasteiger partial charge in [-0.2, -0.15) is 0 Å². The molecule has 0 unspecified atom stereocenters. The van der Waals surface area contributed by atoms with Crippen LogP contribution in [0.4, 0.5) is 0 Å². The molecule has 0 heterocycles. The van der Waals surface area contributed by atoms with E-state index in [1.54, 1.807) is 13.3 Å². The van der Waals surface area contributed by atoms with Crippen LogP contribution in [0.5, 0.6) is 0 Å². The molecule has 4 heteroatoms. The minimum absolute atomic E-state index is 0.343. The number of nitrogens with one attached hydrogen (secondary N) is 1. The van der Waals surface area contributed by atoms with Crippen LogP contribution in [0.25, 0.3) is 0 Å². The van der Waals surface area contributed by atoms with Crippen molar-refractivity contribution in [1.29, 1.82) is 0 Å². The van der Waals surface area contributed by atoms with Crippen LogP contribution >= 0.6 is 0 Å². The van der Waals surface area contributed by atoms with Gasteiger partial charge < -0.3 is 14.8 Å². The summed E-state index contributed by atoms with van der Waals surface area (Å²) in [5.74, 6) is -0.343. The highest BCUT2D eigenvalue weighted by atomic mass is 16.5. The van der Waals surface area contributed by atoms with Gasteiger partial charge in [-0.15, -0.1) is 0 Å². The molecule has 0 saturated heterocycles. The molecule has 0 aliphatic rings. The number of ether oxygens (including phenoxy) is 2. The average Bonchev–Trinajstić information content (AvgIpc) is 2.16. The van der Waals surface area contributed by atoms with Crippen LogP contribution in [0, 0.1) is 0 Å². The molecule has 0 bridgehead atoms. The lowest BCUT2D eigenvalue weighted by Crippen LogP contribution is -2.09. The number of methoxy groups -OCH3 is 2. The van der Waals surface area contributed by atoms with Crippen molar-refractivity contribution in [2.75, 3.05) is 27.4 Å². The molecule has 1 N–H and O–H groups in total. The summed E-state index contributed by atoms with van der Waals surface area (Å²) in [5.41, 5.74) is 0. The van der Waals surface area contributed by atoms with E-state index in [0.29, 0.717) is 0 Å². The van der Waals surface area contributed by atoms with E-state index < -0.39 is 0 Å². The Morgan fingerprint density at radius 3 is 2.77 bits per heavy atom. The number of esters is 1. The fraction of sp³-hybridized carbons (Fsp3) is 0.667. The van der Waals surface area contributed by atoms with Gasteiger partial charge in [-0.3, -0.25) is 0 Å². The maximum Gasteiger partial charge on any atom is 0.331 e. The highest BCUT2D eigenvalue weighted by molar-refractivity contribution is 5.81. The topological polar surface area (TPSA) is 47.6 Å². The van der Waals surface area contributed by atoms with Crippen molar-refractivity contribution in [3.8, 4) is 0 Å². The van der Waals surface area contributed by atoms with Gasteiger partial charge in [-0.05, 0) is 12.8 Å². The molecule has 0 aliphatic carbocycles. The fourth-order valence-electron chi connectivity index (χ4n) is 0.752. The summed E-state index contributed by atoms with van der Waals surface area (Å²) in [7, 11) is 3.04. The van der Waals surface area contributed by atoms with E-state index in [4.69, 9.17) is 4.74 Å². The van der Waals surface area contributed by atoms with Gasteiger partial charge in [0.15, 0.2) is 0 Å². The number of unbranched alkanes of at least 4 members (excludes halogenated alkanes) is 1. The second kappa shape index (κ2) is 9.06. The van der Waals surface area contributed by atoms with Crippen LogP contribution in [0.3, 0.4) is 0 Å². The summed E-state index contributed by atoms with van der Waals surface area (Å²) in [5, 5.41) is 2.97. The van der Waals surface area contributed by atoms with Gasteiger partial charge >= 0.3 is 5.97 Å². The Kier molecular flexibility index (Phi) is 8.34. The van der Waals surface area contributed by atoms with Crippen molar-refractivity contribution in [3.63, 3.8) is 0 Å². The molecule has 0 saturated carbocycles. The third-order valence-electron chi connectivity index (χ3n) is 1.46. The number of hydrogen-bond donors (Lipinski definition) is 1. The number of carbonyl (C=O) groups excluding carboxylic acids is 1. The Bertz CT molecular complexity index is 157. The fourth-order valence-corrected chi connectivity index (χ4v) is 0.752. The van der Waals surface area contributed by atoms with Gasteiger partial charge in [0.2, 0.25) is 0 Å². The maximum absolute atomic E-state index is 10.6. The monoisotopic (exact) mass is 187 g/mol. The molecule has 4 nitrogen and oxygen atoms in total. The van der Waals surface area contributed by atoms with Gasteiger partial charge in [-0.1, -0.05) is 0 Å². The lowest BCUT2D eigenvalue weighted by molar-refractivity contribution is -0.134. The minimum atomic E-state index is -0.343. The van der Waals surface area contributed by atoms with Crippen LogP contribution in [-0.4, -0.2) is 33.3 Å². The van der Waals surface area contributed by atoms with Crippen molar-refractivity contribution >= 4 is 5.97 Å². The van der Waals surface area contributed by atoms with Gasteiger partial charge in [0.1, 0.15) is 0 Å². The first kappa shape index (κ1) is 12.0. The Hall–Kier alpha value is -1.03. The maximum atomic E-state index is 10.6. The van der Waals surface area contributed by atoms with E-state index in [0.717, 1.165) is 26.0 Å². The van der Waals surface area contributed by atoms with Gasteiger partial charge in [-0.25, -0.2) is 4.79 Å². The Labute approximate surface area is 78.9 Å². The lowest BCUT2D eigenvalue weighted by atomic mass is 10.3. The van der Waals surface area contributed by atoms with Crippen LogP contribution in [0.15, 0.2) is 12.3 Å². The zero-order chi connectivity index (χ0) is 9.94. The highest BCUT2D eigenvalue weighted by Gasteiger charge is 1.89. The summed E-state index contributed by atoms with van der Waals surface area (Å²) in [6, 6.07) is 0. The molecule has 0 atom stereocenters. The first-order chi connectivity index (χ1) is 6.31. The molecule has 0 aromatic carbocycles. The van der Waals surface area contributed by atoms with E-state index >= 15 is 0 Å². The van der Waals surface area contributed by atoms with Gasteiger partial charge in [0.25, 0.3) is 0 Å². The standard InChI is InChI=1S/C9H17NO3/c1-12-8-4-3-6-10-7-5-9(11)13-2/h5,7,10H,3-4,6,8H2,1-2H3/b7-5+. The quantitative estimate of drug-likeness (QED) is 0.362. The summed E-state index contributed by atoms with van der Waals surface area (Å²) in [6.07, 6.45) is 5.00. The lowest BCUT2D eigenvalue weighted by Gasteiger charge is -1.99. The third-order valence-corrected chi connectivity index (χ3v) is 1.46. The number of rotatable bonds is 7. The Morgan fingerprint density at radius 1 is 1.38 bits per heavy atom. The molecule has 0 aliphatic heterocycles. The largest absolute Gasteiger partial charge is 0.466 e. The second-order valence-corrected chi connectivity index (χ2v) is 2.51. The molecule has 0 rings (SSSR count). The van der Waals surface area contributed by atoms with E-state index in [-0.39, 0.29) is 5.97 Å². The van der Waals surface area contributed by atoms with Crippen molar-refractivity contribution in [3.05, 3.63) is 12.3 Å². The molecule has 0 aromatic heterocycles. The van der Waals surface area contributed by atoms with Crippen LogP contribution in [0.1, 0.15) is 12.8 Å². The van der Waals surface area contributed by atoms with Crippen molar-refractivity contribution in [1.82, 2.24) is 5.32 Å². The predicted octanol–water partition coefficient (Wildman–Crippen LogP) is 0.689. The smallest absolute Gasteiger partial charge is 0.331 e. The third kappa shape index (κ3) is 8.88. The molecule has 0 radical (unpaired) electrons. The van der Waals surface area contributed by atoms with Gasteiger partial charge in [0, 0.05) is 32.5 Å². The number of carbonyl (C=O) groups is 1. The SMILES string of the molecule is COCCCCN/C=C/C(=O)OC. The average molecular weight is 187 g/mol. The number of hydrogen-bond acceptors (Lipinski definition) is 4. The Morgan fingerprint density at radius 2 is 2.15 bits per heavy atom. The summed E-state index contributed by atoms with van der Waals surface area (Å²) < 4.78 is 9.29. The summed E-state index contributed by atoms with van der Waals surface area (Å²) in [4.78, 5) is 10.6. The summed E-state index contributed by atoms with van der Waals surface area (Å²) >= 11 is 0. The van der Waals surface area contributed by atoms with Crippen LogP contribution < -0.4 is 5.32 Å². The molecule has 0 spiro atoms. The first-order valence-corrected chi connectivity index (χ1v) is 4.28. The van der Waals surface area contributed by atoms with Crippen molar-refractivity contribution in [2.24, 2.45) is 0 Å². The molecule has 0 fully saturated rings. The van der Waals surface area contributed by atoms with Crippen LogP contribution in [-0.2, 0) is 14.3 Å². The van der Waals surface area contributed by atoms with Gasteiger partial charge in [0.05, 0.1) is 7.11 Å². The zero-order valence-corrected chi connectivity index (χ0v) is 8.21. The zero-order valence-electron chi connectivity index (χ0n) is 8.21. The van der Waals surface area contributed by atoms with E-state index in [1.165, 1.54) is 13.2 Å². The normalized spacial score (nSPS) is 10.3. The van der Waals surface area contributed by atoms with E-state index in [9.17, 15) is 4.79 Å². The predicted molar refractivity (Wildman–Crippen MR) is 50.3 cm³/mol. The van der Waals surface area contributed by atoms with Crippen molar-refractivity contribution < 1.29 is 14.3 Å². The van der Waals surface area contributed by atoms with Crippen molar-refractivity contribution in [2.45, 2.75) is 12.8 Å². The van der Waals surface area contributed by atoms with E-state index in [2.05, 4.69) is 10.1 Å². The second-order valence-electron chi connectivity index (χ2n) is 2.51. The summed E-state index contributed by atoms with van der Waals surface area (Å²) in [6.45, 7) is 1.62. The minimum Gasteiger partial charge on any atom is -0.466 e. The molecule has 76 valence electrons. The van der Waals surface area contributed by atoms with Crippen LogP contribution in [0.2, 0.25) is 0 Å². The molecular formula is C9H17NO3. The molecule has 0 aromatic rings. The molecule has 13 heavy (non-hydrogen) atoms. The Balaban J connectivity index is 3.15. The first-order valence-electron chi connectivity index (χ1n) is 4.28. The highest BCUT2D eigenvalue weighted by Crippen LogP contribution is 1.86.